The van der Waals surface area contributed by atoms with Crippen LogP contribution in [0.25, 0.3) is 0 Å². The van der Waals surface area contributed by atoms with Crippen molar-refractivity contribution >= 4 is 0 Å². The van der Waals surface area contributed by atoms with Crippen LogP contribution in [0, 0.1) is 0 Å². The van der Waals surface area contributed by atoms with Crippen molar-refractivity contribution in [3.8, 4) is 28.7 Å². The third-order valence-corrected chi connectivity index (χ3v) is 4.24. The Morgan fingerprint density at radius 3 is 1.85 bits per heavy atom. The Hall–Kier alpha value is -2.60. The molecule has 0 aliphatic carbocycles. The summed E-state index contributed by atoms with van der Waals surface area (Å²) in [5.41, 5.74) is 2.27. The van der Waals surface area contributed by atoms with Crippen LogP contribution in [0.5, 0.6) is 28.7 Å². The zero-order valence-electron chi connectivity index (χ0n) is 16.1. The number of quaternary nitrogens is 1. The number of hydrogen-bond donors (Lipinski definition) is 1. The quantitative estimate of drug-likeness (QED) is 0.656. The van der Waals surface area contributed by atoms with Crippen LogP contribution >= 0.6 is 0 Å². The van der Waals surface area contributed by atoms with E-state index in [1.165, 1.54) is 5.56 Å². The third-order valence-electron chi connectivity index (χ3n) is 4.24. The van der Waals surface area contributed by atoms with Gasteiger partial charge in [-0.2, -0.15) is 0 Å². The average Bonchev–Trinajstić information content (AvgIpc) is 2.70. The summed E-state index contributed by atoms with van der Waals surface area (Å²) in [6, 6.07) is 9.84. The molecule has 2 aromatic rings. The Labute approximate surface area is 155 Å². The molecule has 0 bridgehead atoms. The molecule has 0 radical (unpaired) electrons. The van der Waals surface area contributed by atoms with E-state index < -0.39 is 0 Å². The minimum atomic E-state index is 0.665. The van der Waals surface area contributed by atoms with Crippen LogP contribution in [-0.4, -0.2) is 42.1 Å². The highest BCUT2D eigenvalue weighted by Crippen LogP contribution is 2.34. The molecule has 0 saturated heterocycles. The molecule has 142 valence electrons. The van der Waals surface area contributed by atoms with E-state index in [0.29, 0.717) is 11.5 Å². The standard InChI is InChI=1S/C20H27NO5/c1-22-16-7-6-14(10-18(16)24-3)8-9-21-13-15-11-19(25-4)20(26-5)12-17(15)23-2/h6-7,10-12,21H,8-9,13H2,1-5H3/p+1. The minimum absolute atomic E-state index is 0.665. The van der Waals surface area contributed by atoms with E-state index in [9.17, 15) is 0 Å². The zero-order chi connectivity index (χ0) is 18.9. The fourth-order valence-corrected chi connectivity index (χ4v) is 2.81. The topological polar surface area (TPSA) is 62.8 Å². The van der Waals surface area contributed by atoms with Gasteiger partial charge in [0.25, 0.3) is 0 Å². The van der Waals surface area contributed by atoms with Crippen molar-refractivity contribution < 1.29 is 29.0 Å². The molecule has 0 aliphatic heterocycles. The van der Waals surface area contributed by atoms with Gasteiger partial charge in [-0.15, -0.1) is 0 Å². The van der Waals surface area contributed by atoms with Gasteiger partial charge in [0.05, 0.1) is 47.7 Å². The van der Waals surface area contributed by atoms with Gasteiger partial charge in [-0.25, -0.2) is 0 Å². The fraction of sp³-hybridized carbons (Fsp3) is 0.400. The predicted molar refractivity (Wildman–Crippen MR) is 99.8 cm³/mol. The number of rotatable bonds is 10. The summed E-state index contributed by atoms with van der Waals surface area (Å²) in [6.45, 7) is 1.73. The maximum absolute atomic E-state index is 5.47. The van der Waals surface area contributed by atoms with Crippen molar-refractivity contribution in [2.45, 2.75) is 13.0 Å². The summed E-state index contributed by atoms with van der Waals surface area (Å²) in [6.07, 6.45) is 0.927. The summed E-state index contributed by atoms with van der Waals surface area (Å²) < 4.78 is 26.8. The van der Waals surface area contributed by atoms with Crippen molar-refractivity contribution in [2.75, 3.05) is 42.1 Å². The van der Waals surface area contributed by atoms with E-state index in [4.69, 9.17) is 23.7 Å². The Kier molecular flexibility index (Phi) is 7.41. The Morgan fingerprint density at radius 1 is 0.654 bits per heavy atom. The highest BCUT2D eigenvalue weighted by molar-refractivity contribution is 5.50. The first-order chi connectivity index (χ1) is 12.7. The van der Waals surface area contributed by atoms with Gasteiger partial charge in [0.1, 0.15) is 12.3 Å². The maximum Gasteiger partial charge on any atom is 0.164 e. The number of hydrogen-bond acceptors (Lipinski definition) is 5. The second kappa shape index (κ2) is 9.77. The molecule has 0 atom stereocenters. The average molecular weight is 362 g/mol. The molecule has 0 saturated carbocycles. The van der Waals surface area contributed by atoms with Gasteiger partial charge in [-0.1, -0.05) is 6.07 Å². The molecule has 0 unspecified atom stereocenters. The molecule has 0 heterocycles. The molecule has 0 amide bonds. The van der Waals surface area contributed by atoms with Crippen LogP contribution in [0.15, 0.2) is 30.3 Å². The molecule has 2 N–H and O–H groups in total. The van der Waals surface area contributed by atoms with Gasteiger partial charge in [0.2, 0.25) is 0 Å². The largest absolute Gasteiger partial charge is 0.496 e. The number of nitrogens with two attached hydrogens (primary N) is 1. The predicted octanol–water partition coefficient (Wildman–Crippen LogP) is 2.04. The van der Waals surface area contributed by atoms with Gasteiger partial charge in [0, 0.05) is 12.5 Å². The lowest BCUT2D eigenvalue weighted by Gasteiger charge is -2.13. The Morgan fingerprint density at radius 2 is 1.23 bits per heavy atom. The summed E-state index contributed by atoms with van der Waals surface area (Å²) >= 11 is 0. The molecule has 6 nitrogen and oxygen atoms in total. The van der Waals surface area contributed by atoms with Crippen LogP contribution < -0.4 is 29.0 Å². The summed E-state index contributed by atoms with van der Waals surface area (Å²) in [5, 5.41) is 2.24. The van der Waals surface area contributed by atoms with E-state index in [1.807, 2.05) is 24.3 Å². The third kappa shape index (κ3) is 4.73. The monoisotopic (exact) mass is 362 g/mol. The van der Waals surface area contributed by atoms with E-state index in [1.54, 1.807) is 35.5 Å². The summed E-state index contributed by atoms with van der Waals surface area (Å²) in [7, 11) is 8.20. The van der Waals surface area contributed by atoms with Crippen LogP contribution in [0.4, 0.5) is 0 Å². The molecular formula is C20H28NO5+. The molecule has 26 heavy (non-hydrogen) atoms. The molecule has 2 aromatic carbocycles. The number of ether oxygens (including phenoxy) is 5. The van der Waals surface area contributed by atoms with Crippen molar-refractivity contribution in [3.63, 3.8) is 0 Å². The molecule has 0 fully saturated rings. The number of benzene rings is 2. The molecule has 0 aliphatic rings. The Bertz CT molecular complexity index is 718. The first-order valence-electron chi connectivity index (χ1n) is 8.48. The SMILES string of the molecule is COc1cc(OC)c(OC)cc1C[NH2+]CCc1ccc(OC)c(OC)c1. The van der Waals surface area contributed by atoms with Crippen molar-refractivity contribution in [1.82, 2.24) is 0 Å². The van der Waals surface area contributed by atoms with Gasteiger partial charge in [-0.3, -0.25) is 0 Å². The van der Waals surface area contributed by atoms with Gasteiger partial charge >= 0.3 is 0 Å². The van der Waals surface area contributed by atoms with Crippen LogP contribution in [-0.2, 0) is 13.0 Å². The lowest BCUT2D eigenvalue weighted by atomic mass is 10.1. The van der Waals surface area contributed by atoms with Crippen LogP contribution in [0.1, 0.15) is 11.1 Å². The van der Waals surface area contributed by atoms with E-state index in [2.05, 4.69) is 11.4 Å². The fourth-order valence-electron chi connectivity index (χ4n) is 2.81. The molecular weight excluding hydrogens is 334 g/mol. The highest BCUT2D eigenvalue weighted by Gasteiger charge is 2.13. The summed E-state index contributed by atoms with van der Waals surface area (Å²) in [5.74, 6) is 3.67. The van der Waals surface area contributed by atoms with Gasteiger partial charge < -0.3 is 29.0 Å². The van der Waals surface area contributed by atoms with Crippen molar-refractivity contribution in [1.29, 1.82) is 0 Å². The van der Waals surface area contributed by atoms with E-state index >= 15 is 0 Å². The van der Waals surface area contributed by atoms with E-state index in [-0.39, 0.29) is 0 Å². The molecule has 0 spiro atoms. The molecule has 2 rings (SSSR count). The van der Waals surface area contributed by atoms with Gasteiger partial charge in [0.15, 0.2) is 23.0 Å². The van der Waals surface area contributed by atoms with Crippen molar-refractivity contribution in [3.05, 3.63) is 41.5 Å². The zero-order valence-corrected chi connectivity index (χ0v) is 16.1. The second-order valence-electron chi connectivity index (χ2n) is 5.74. The first kappa shape index (κ1) is 19.7. The highest BCUT2D eigenvalue weighted by atomic mass is 16.5. The van der Waals surface area contributed by atoms with Crippen LogP contribution in [0.3, 0.4) is 0 Å². The van der Waals surface area contributed by atoms with E-state index in [0.717, 1.165) is 42.3 Å². The normalized spacial score (nSPS) is 10.3. The second-order valence-corrected chi connectivity index (χ2v) is 5.74. The maximum atomic E-state index is 5.47. The van der Waals surface area contributed by atoms with Gasteiger partial charge in [-0.05, 0) is 23.8 Å². The minimum Gasteiger partial charge on any atom is -0.496 e. The first-order valence-corrected chi connectivity index (χ1v) is 8.48. The summed E-state index contributed by atoms with van der Waals surface area (Å²) in [4.78, 5) is 0. The van der Waals surface area contributed by atoms with Crippen LogP contribution in [0.2, 0.25) is 0 Å². The molecule has 0 aromatic heterocycles. The lowest BCUT2D eigenvalue weighted by molar-refractivity contribution is -0.670. The lowest BCUT2D eigenvalue weighted by Crippen LogP contribution is -2.83. The smallest absolute Gasteiger partial charge is 0.164 e. The Balaban J connectivity index is 1.97. The number of methoxy groups -OCH3 is 5. The molecule has 6 heteroatoms. The van der Waals surface area contributed by atoms with Crippen molar-refractivity contribution in [2.24, 2.45) is 0 Å².